The molecule has 1 aromatic heterocycles. The van der Waals surface area contributed by atoms with Crippen LogP contribution < -0.4 is 10.1 Å². The average molecular weight is 613 g/mol. The van der Waals surface area contributed by atoms with Crippen LogP contribution in [0.15, 0.2) is 48.5 Å². The molecule has 3 saturated heterocycles. The molecule has 7 rings (SSSR count). The second-order valence-electron chi connectivity index (χ2n) is 13.5. The van der Waals surface area contributed by atoms with Gasteiger partial charge < -0.3 is 19.5 Å². The van der Waals surface area contributed by atoms with Crippen LogP contribution >= 0.6 is 0 Å². The van der Waals surface area contributed by atoms with Gasteiger partial charge in [-0.15, -0.1) is 0 Å². The van der Waals surface area contributed by atoms with Gasteiger partial charge in [-0.1, -0.05) is 12.1 Å². The third-order valence-corrected chi connectivity index (χ3v) is 9.85. The number of fused-ring (bicyclic) bond motifs is 2. The van der Waals surface area contributed by atoms with Gasteiger partial charge in [0, 0.05) is 74.3 Å². The third-order valence-electron chi connectivity index (χ3n) is 9.85. The van der Waals surface area contributed by atoms with Gasteiger partial charge in [-0.25, -0.2) is 0 Å². The van der Waals surface area contributed by atoms with E-state index < -0.39 is 17.6 Å². The molecule has 0 spiro atoms. The van der Waals surface area contributed by atoms with E-state index >= 15 is 0 Å². The zero-order chi connectivity index (χ0) is 31.3. The fourth-order valence-electron chi connectivity index (χ4n) is 7.35. The molecule has 2 N–H and O–H groups in total. The Balaban J connectivity index is 1.04. The number of aliphatic hydroxyl groups is 1. The van der Waals surface area contributed by atoms with E-state index in [4.69, 9.17) is 14.5 Å². The first kappa shape index (κ1) is 29.8. The summed E-state index contributed by atoms with van der Waals surface area (Å²) >= 11 is 0. The Labute approximate surface area is 262 Å². The second kappa shape index (κ2) is 11.8. The topological polar surface area (TPSA) is 121 Å². The predicted octanol–water partition coefficient (Wildman–Crippen LogP) is 3.54. The van der Waals surface area contributed by atoms with E-state index in [1.807, 2.05) is 19.9 Å². The molecule has 0 bridgehead atoms. The molecule has 3 atom stereocenters. The number of rotatable bonds is 7. The first-order chi connectivity index (χ1) is 21.6. The first-order valence-corrected chi connectivity index (χ1v) is 16.0. The van der Waals surface area contributed by atoms with E-state index in [2.05, 4.69) is 40.5 Å². The number of carbonyl (C=O) groups is 3. The van der Waals surface area contributed by atoms with E-state index in [-0.39, 0.29) is 36.8 Å². The van der Waals surface area contributed by atoms with Crippen LogP contribution in [-0.2, 0) is 27.4 Å². The Morgan fingerprint density at radius 2 is 1.84 bits per heavy atom. The maximum atomic E-state index is 13.1. The number of piperidine rings is 1. The number of amides is 3. The number of hydrogen-bond acceptors (Lipinski definition) is 8. The third kappa shape index (κ3) is 6.06. The summed E-state index contributed by atoms with van der Waals surface area (Å²) in [6.07, 6.45) is 2.32. The number of hydrogen-bond donors (Lipinski definition) is 2. The van der Waals surface area contributed by atoms with Crippen molar-refractivity contribution in [2.24, 2.45) is 5.92 Å². The highest BCUT2D eigenvalue weighted by atomic mass is 16.5. The first-order valence-electron chi connectivity index (χ1n) is 16.0. The number of nitrogens with zero attached hydrogens (tertiary/aromatic N) is 3. The predicted molar refractivity (Wildman–Crippen MR) is 167 cm³/mol. The lowest BCUT2D eigenvalue weighted by atomic mass is 9.88. The smallest absolute Gasteiger partial charge is 0.255 e. The molecule has 4 aliphatic heterocycles. The number of imide groups is 1. The summed E-state index contributed by atoms with van der Waals surface area (Å²) in [7, 11) is 0. The Morgan fingerprint density at radius 1 is 1.02 bits per heavy atom. The van der Waals surface area contributed by atoms with Gasteiger partial charge in [0.1, 0.15) is 17.9 Å². The van der Waals surface area contributed by atoms with Gasteiger partial charge in [-0.05, 0) is 80.6 Å². The minimum Gasteiger partial charge on any atom is -0.489 e. The van der Waals surface area contributed by atoms with Crippen LogP contribution in [-0.4, -0.2) is 81.7 Å². The Bertz CT molecular complexity index is 1640. The van der Waals surface area contributed by atoms with E-state index in [9.17, 15) is 19.5 Å². The largest absolute Gasteiger partial charge is 0.489 e. The van der Waals surface area contributed by atoms with E-state index in [0.717, 1.165) is 54.8 Å². The molecule has 10 nitrogen and oxygen atoms in total. The molecule has 3 fully saturated rings. The van der Waals surface area contributed by atoms with Crippen LogP contribution in [0.2, 0.25) is 0 Å². The fourth-order valence-corrected chi connectivity index (χ4v) is 7.35. The molecule has 3 amide bonds. The zero-order valence-corrected chi connectivity index (χ0v) is 25.8. The minimum atomic E-state index is -0.956. The van der Waals surface area contributed by atoms with Crippen molar-refractivity contribution in [3.63, 3.8) is 0 Å². The van der Waals surface area contributed by atoms with Gasteiger partial charge >= 0.3 is 0 Å². The average Bonchev–Trinajstić information content (AvgIpc) is 3.57. The van der Waals surface area contributed by atoms with Crippen molar-refractivity contribution in [2.45, 2.75) is 76.3 Å². The van der Waals surface area contributed by atoms with Crippen molar-refractivity contribution < 1.29 is 29.0 Å². The second-order valence-corrected chi connectivity index (χ2v) is 13.5. The number of carbonyl (C=O) groups excluding carboxylic acids is 3. The van der Waals surface area contributed by atoms with Gasteiger partial charge in [0.25, 0.3) is 5.91 Å². The van der Waals surface area contributed by atoms with Crippen LogP contribution in [0.1, 0.15) is 72.6 Å². The quantitative estimate of drug-likeness (QED) is 0.389. The van der Waals surface area contributed by atoms with Crippen LogP contribution in [0, 0.1) is 5.92 Å². The monoisotopic (exact) mass is 612 g/mol. The molecule has 2 unspecified atom stereocenters. The minimum absolute atomic E-state index is 0.128. The maximum absolute atomic E-state index is 13.1. The van der Waals surface area contributed by atoms with Gasteiger partial charge in [0.05, 0.1) is 11.1 Å². The lowest BCUT2D eigenvalue weighted by Crippen LogP contribution is -2.52. The van der Waals surface area contributed by atoms with Gasteiger partial charge in [-0.2, -0.15) is 0 Å². The van der Waals surface area contributed by atoms with Crippen LogP contribution in [0.25, 0.3) is 10.9 Å². The molecular weight excluding hydrogens is 572 g/mol. The summed E-state index contributed by atoms with van der Waals surface area (Å²) in [5.74, 6) is 0.0172. The summed E-state index contributed by atoms with van der Waals surface area (Å²) < 4.78 is 12.0. The van der Waals surface area contributed by atoms with Crippen molar-refractivity contribution in [3.8, 4) is 5.75 Å². The molecule has 0 radical (unpaired) electrons. The Kier molecular flexibility index (Phi) is 7.83. The van der Waals surface area contributed by atoms with Crippen molar-refractivity contribution in [1.82, 2.24) is 20.1 Å². The molecule has 0 saturated carbocycles. The van der Waals surface area contributed by atoms with Crippen LogP contribution in [0.5, 0.6) is 5.75 Å². The van der Waals surface area contributed by atoms with Gasteiger partial charge in [0.15, 0.2) is 0 Å². The summed E-state index contributed by atoms with van der Waals surface area (Å²) in [5.41, 5.74) is 3.72. The Hall–Kier alpha value is -3.86. The normalized spacial score (nSPS) is 24.7. The van der Waals surface area contributed by atoms with E-state index in [0.29, 0.717) is 36.7 Å². The lowest BCUT2D eigenvalue weighted by molar-refractivity contribution is -0.136. The number of benzene rings is 2. The van der Waals surface area contributed by atoms with Crippen LogP contribution in [0.4, 0.5) is 0 Å². The van der Waals surface area contributed by atoms with Crippen molar-refractivity contribution in [2.75, 3.05) is 26.3 Å². The highest BCUT2D eigenvalue weighted by molar-refractivity contribution is 6.05. The number of ether oxygens (including phenoxy) is 2. The summed E-state index contributed by atoms with van der Waals surface area (Å²) in [4.78, 5) is 46.0. The molecule has 2 aromatic carbocycles. The highest BCUT2D eigenvalue weighted by Gasteiger charge is 2.43. The number of pyridine rings is 1. The number of likely N-dealkylation sites (tertiary alicyclic amines) is 1. The molecule has 4 aliphatic rings. The summed E-state index contributed by atoms with van der Waals surface area (Å²) in [5, 5.41) is 14.6. The summed E-state index contributed by atoms with van der Waals surface area (Å²) in [6, 6.07) is 15.5. The number of aromatic nitrogens is 1. The zero-order valence-electron chi connectivity index (χ0n) is 25.8. The highest BCUT2D eigenvalue weighted by Crippen LogP contribution is 2.35. The van der Waals surface area contributed by atoms with Crippen molar-refractivity contribution >= 4 is 28.6 Å². The SMILES string of the molecule is CC(C)(O)C1CN(Cc2ccc3nc(C4CCOCC4)ccc3c2)CC1Oc1ccc2c(c1)CN([C@H]1CCC(=O)NC1=O)C2=O. The lowest BCUT2D eigenvalue weighted by Gasteiger charge is -2.30. The molecular formula is C35H40N4O6. The molecule has 5 heterocycles. The van der Waals surface area contributed by atoms with Gasteiger partial charge in [-0.3, -0.25) is 29.6 Å². The van der Waals surface area contributed by atoms with Gasteiger partial charge in [0.2, 0.25) is 11.8 Å². The van der Waals surface area contributed by atoms with Crippen molar-refractivity contribution in [1.29, 1.82) is 0 Å². The van der Waals surface area contributed by atoms with E-state index in [1.165, 1.54) is 10.5 Å². The maximum Gasteiger partial charge on any atom is 0.255 e. The standard InChI is InChI=1S/C35H40N4O6/c1-35(2,43)27-19-38(17-21-3-7-29-23(15-21)4-8-28(36-29)22-11-13-44-14-12-22)20-31(27)45-25-5-6-26-24(16-25)18-39(34(26)42)30-9-10-32(40)37-33(30)41/h3-8,15-16,22,27,30-31,43H,9-14,17-20H2,1-2H3,(H,37,40,41)/t27?,30-,31?/m0/s1. The van der Waals surface area contributed by atoms with Crippen molar-refractivity contribution in [3.05, 3.63) is 70.9 Å². The number of nitrogens with one attached hydrogen (secondary N) is 1. The van der Waals surface area contributed by atoms with Crippen LogP contribution in [0.3, 0.4) is 0 Å². The Morgan fingerprint density at radius 3 is 2.62 bits per heavy atom. The van der Waals surface area contributed by atoms with E-state index in [1.54, 1.807) is 12.1 Å². The molecule has 236 valence electrons. The molecule has 3 aromatic rings. The fraction of sp³-hybridized carbons (Fsp3) is 0.486. The molecule has 0 aliphatic carbocycles. The molecule has 10 heteroatoms. The summed E-state index contributed by atoms with van der Waals surface area (Å²) in [6.45, 7) is 7.59. The molecule has 45 heavy (non-hydrogen) atoms.